The van der Waals surface area contributed by atoms with Crippen LogP contribution in [0.3, 0.4) is 0 Å². The van der Waals surface area contributed by atoms with Crippen molar-refractivity contribution in [2.24, 2.45) is 11.7 Å². The molecule has 0 spiro atoms. The third-order valence-corrected chi connectivity index (χ3v) is 5.96. The van der Waals surface area contributed by atoms with Gasteiger partial charge in [0.1, 0.15) is 5.82 Å². The first-order chi connectivity index (χ1) is 9.45. The fourth-order valence-electron chi connectivity index (χ4n) is 2.72. The number of halogens is 1. The summed E-state index contributed by atoms with van der Waals surface area (Å²) in [7, 11) is -3.51. The van der Waals surface area contributed by atoms with Crippen molar-refractivity contribution in [3.8, 4) is 0 Å². The van der Waals surface area contributed by atoms with Crippen LogP contribution in [0.5, 0.6) is 0 Å². The molecule has 0 bridgehead atoms. The summed E-state index contributed by atoms with van der Waals surface area (Å²) in [5.41, 5.74) is 5.99. The molecule has 1 aromatic rings. The molecule has 0 radical (unpaired) electrons. The predicted molar refractivity (Wildman–Crippen MR) is 76.3 cm³/mol. The van der Waals surface area contributed by atoms with Gasteiger partial charge < -0.3 is 5.73 Å². The molecule has 6 heteroatoms. The number of sulfonamides is 1. The van der Waals surface area contributed by atoms with E-state index in [0.29, 0.717) is 31.1 Å². The van der Waals surface area contributed by atoms with Crippen LogP contribution < -0.4 is 5.73 Å². The second kappa shape index (κ2) is 6.20. The van der Waals surface area contributed by atoms with Crippen LogP contribution in [0.15, 0.2) is 23.1 Å². The van der Waals surface area contributed by atoms with Crippen LogP contribution in [0.1, 0.15) is 24.8 Å². The van der Waals surface area contributed by atoms with Gasteiger partial charge in [-0.25, -0.2) is 12.8 Å². The van der Waals surface area contributed by atoms with Gasteiger partial charge in [-0.1, -0.05) is 0 Å². The van der Waals surface area contributed by atoms with Crippen LogP contribution in [0.2, 0.25) is 0 Å². The highest BCUT2D eigenvalue weighted by Crippen LogP contribution is 2.27. The number of hydrogen-bond donors (Lipinski definition) is 1. The summed E-state index contributed by atoms with van der Waals surface area (Å²) in [6.07, 6.45) is 2.64. The molecule has 0 aromatic heterocycles. The lowest BCUT2D eigenvalue weighted by Crippen LogP contribution is -2.39. The lowest BCUT2D eigenvalue weighted by Gasteiger charge is -2.31. The Morgan fingerprint density at radius 1 is 1.35 bits per heavy atom. The largest absolute Gasteiger partial charge is 0.330 e. The van der Waals surface area contributed by atoms with E-state index in [0.717, 1.165) is 19.3 Å². The Morgan fingerprint density at radius 2 is 2.00 bits per heavy atom. The third kappa shape index (κ3) is 3.19. The molecule has 0 unspecified atom stereocenters. The molecule has 0 atom stereocenters. The number of nitrogens with zero attached hydrogens (tertiary/aromatic N) is 1. The third-order valence-electron chi connectivity index (χ3n) is 3.90. The van der Waals surface area contributed by atoms with Gasteiger partial charge in [-0.15, -0.1) is 0 Å². The lowest BCUT2D eigenvalue weighted by molar-refractivity contribution is 0.265. The molecule has 1 aliphatic heterocycles. The van der Waals surface area contributed by atoms with Gasteiger partial charge in [-0.3, -0.25) is 0 Å². The Labute approximate surface area is 119 Å². The maximum atomic E-state index is 13.1. The van der Waals surface area contributed by atoms with Crippen molar-refractivity contribution in [3.63, 3.8) is 0 Å². The highest BCUT2D eigenvalue weighted by molar-refractivity contribution is 7.89. The highest BCUT2D eigenvalue weighted by Gasteiger charge is 2.30. The first kappa shape index (κ1) is 15.4. The fourth-order valence-corrected chi connectivity index (χ4v) is 4.39. The summed E-state index contributed by atoms with van der Waals surface area (Å²) in [5, 5.41) is 0. The number of aryl methyl sites for hydroxylation is 1. The quantitative estimate of drug-likeness (QED) is 0.923. The van der Waals surface area contributed by atoms with E-state index in [-0.39, 0.29) is 4.90 Å². The second-order valence-electron chi connectivity index (χ2n) is 5.33. The predicted octanol–water partition coefficient (Wildman–Crippen LogP) is 1.88. The monoisotopic (exact) mass is 300 g/mol. The van der Waals surface area contributed by atoms with E-state index < -0.39 is 15.8 Å². The van der Waals surface area contributed by atoms with Crippen LogP contribution in [0, 0.1) is 18.7 Å². The first-order valence-corrected chi connectivity index (χ1v) is 8.35. The van der Waals surface area contributed by atoms with Gasteiger partial charge in [0, 0.05) is 13.1 Å². The summed E-state index contributed by atoms with van der Waals surface area (Å²) < 4.78 is 39.7. The summed E-state index contributed by atoms with van der Waals surface area (Å²) in [5.74, 6) is 0.101. The van der Waals surface area contributed by atoms with E-state index in [1.165, 1.54) is 22.5 Å². The van der Waals surface area contributed by atoms with E-state index in [1.54, 1.807) is 6.92 Å². The minimum Gasteiger partial charge on any atom is -0.330 e. The molecule has 2 N–H and O–H groups in total. The van der Waals surface area contributed by atoms with Gasteiger partial charge in [-0.05, 0) is 62.4 Å². The van der Waals surface area contributed by atoms with Crippen molar-refractivity contribution < 1.29 is 12.8 Å². The molecule has 1 fully saturated rings. The van der Waals surface area contributed by atoms with Gasteiger partial charge >= 0.3 is 0 Å². The molecule has 1 aliphatic rings. The van der Waals surface area contributed by atoms with E-state index in [4.69, 9.17) is 5.73 Å². The van der Waals surface area contributed by atoms with Gasteiger partial charge in [0.25, 0.3) is 0 Å². The van der Waals surface area contributed by atoms with Crippen molar-refractivity contribution in [3.05, 3.63) is 29.6 Å². The van der Waals surface area contributed by atoms with Gasteiger partial charge in [0.05, 0.1) is 4.90 Å². The Kier molecular flexibility index (Phi) is 4.78. The smallest absolute Gasteiger partial charge is 0.243 e. The SMILES string of the molecule is Cc1cc(F)ccc1S(=O)(=O)N1CCC(CCN)CC1. The van der Waals surface area contributed by atoms with E-state index >= 15 is 0 Å². The minimum atomic E-state index is -3.51. The van der Waals surface area contributed by atoms with Crippen LogP contribution in [0.25, 0.3) is 0 Å². The molecular weight excluding hydrogens is 279 g/mol. The Morgan fingerprint density at radius 3 is 2.55 bits per heavy atom. The van der Waals surface area contributed by atoms with E-state index in [1.807, 2.05) is 0 Å². The van der Waals surface area contributed by atoms with Crippen molar-refractivity contribution in [2.45, 2.75) is 31.1 Å². The minimum absolute atomic E-state index is 0.205. The Bertz CT molecular complexity index is 567. The molecule has 1 aromatic carbocycles. The van der Waals surface area contributed by atoms with Crippen LogP contribution in [-0.4, -0.2) is 32.4 Å². The molecule has 112 valence electrons. The number of hydrogen-bond acceptors (Lipinski definition) is 3. The molecule has 0 saturated carbocycles. The zero-order valence-electron chi connectivity index (χ0n) is 11.7. The molecule has 0 amide bonds. The number of piperidine rings is 1. The number of nitrogens with two attached hydrogens (primary N) is 1. The van der Waals surface area contributed by atoms with Crippen molar-refractivity contribution in [1.29, 1.82) is 0 Å². The van der Waals surface area contributed by atoms with Crippen molar-refractivity contribution >= 4 is 10.0 Å². The summed E-state index contributed by atoms with van der Waals surface area (Å²) >= 11 is 0. The van der Waals surface area contributed by atoms with E-state index in [9.17, 15) is 12.8 Å². The van der Waals surface area contributed by atoms with Crippen LogP contribution in [0.4, 0.5) is 4.39 Å². The zero-order valence-corrected chi connectivity index (χ0v) is 12.5. The first-order valence-electron chi connectivity index (χ1n) is 6.91. The van der Waals surface area contributed by atoms with Gasteiger partial charge in [0.2, 0.25) is 10.0 Å². The maximum absolute atomic E-state index is 13.1. The molecule has 4 nitrogen and oxygen atoms in total. The van der Waals surface area contributed by atoms with Crippen LogP contribution >= 0.6 is 0 Å². The lowest BCUT2D eigenvalue weighted by atomic mass is 9.95. The zero-order chi connectivity index (χ0) is 14.8. The summed E-state index contributed by atoms with van der Waals surface area (Å²) in [6.45, 7) is 3.30. The molecule has 1 saturated heterocycles. The maximum Gasteiger partial charge on any atom is 0.243 e. The Balaban J connectivity index is 2.15. The van der Waals surface area contributed by atoms with Gasteiger partial charge in [-0.2, -0.15) is 4.31 Å². The topological polar surface area (TPSA) is 63.4 Å². The summed E-state index contributed by atoms with van der Waals surface area (Å²) in [6, 6.07) is 3.81. The van der Waals surface area contributed by atoms with Crippen molar-refractivity contribution in [1.82, 2.24) is 4.31 Å². The molecule has 20 heavy (non-hydrogen) atoms. The Hall–Kier alpha value is -0.980. The van der Waals surface area contributed by atoms with Crippen molar-refractivity contribution in [2.75, 3.05) is 19.6 Å². The fraction of sp³-hybridized carbons (Fsp3) is 0.571. The normalized spacial score (nSPS) is 18.4. The second-order valence-corrected chi connectivity index (χ2v) is 7.24. The molecule has 1 heterocycles. The number of benzene rings is 1. The highest BCUT2D eigenvalue weighted by atomic mass is 32.2. The average Bonchev–Trinajstić information content (AvgIpc) is 2.39. The number of rotatable bonds is 4. The average molecular weight is 300 g/mol. The molecule has 0 aliphatic carbocycles. The van der Waals surface area contributed by atoms with Crippen LogP contribution in [-0.2, 0) is 10.0 Å². The van der Waals surface area contributed by atoms with Gasteiger partial charge in [0.15, 0.2) is 0 Å². The standard InChI is InChI=1S/C14H21FN2O2S/c1-11-10-13(15)2-3-14(11)20(18,19)17-8-5-12(4-7-16)6-9-17/h2-3,10,12H,4-9,16H2,1H3. The molecule has 2 rings (SSSR count). The summed E-state index contributed by atoms with van der Waals surface area (Å²) in [4.78, 5) is 0.205. The van der Waals surface area contributed by atoms with E-state index in [2.05, 4.69) is 0 Å². The molecular formula is C14H21FN2O2S.